The molecule has 1 unspecified atom stereocenters. The average Bonchev–Trinajstić information content (AvgIpc) is 2.24. The lowest BCUT2D eigenvalue weighted by atomic mass is 10.1. The first-order chi connectivity index (χ1) is 7.97. The summed E-state index contributed by atoms with van der Waals surface area (Å²) in [6.45, 7) is 3.21. The minimum Gasteiger partial charge on any atom is -0.349 e. The second-order valence-electron chi connectivity index (χ2n) is 3.91. The van der Waals surface area contributed by atoms with Gasteiger partial charge in [0, 0.05) is 11.9 Å². The molecular weight excluding hydrogens is 248 g/mol. The molecule has 0 aliphatic rings. The Morgan fingerprint density at radius 1 is 1.47 bits per heavy atom. The molecule has 0 saturated heterocycles. The molecule has 94 valence electrons. The van der Waals surface area contributed by atoms with Crippen LogP contribution < -0.4 is 5.32 Å². The third-order valence-electron chi connectivity index (χ3n) is 2.43. The highest BCUT2D eigenvalue weighted by molar-refractivity contribution is 6.17. The van der Waals surface area contributed by atoms with Crippen molar-refractivity contribution in [3.8, 4) is 0 Å². The van der Waals surface area contributed by atoms with Crippen molar-refractivity contribution in [2.24, 2.45) is 0 Å². The summed E-state index contributed by atoms with van der Waals surface area (Å²) in [5.41, 5.74) is -0.298. The fourth-order valence-corrected chi connectivity index (χ4v) is 1.72. The molecule has 17 heavy (non-hydrogen) atoms. The fourth-order valence-electron chi connectivity index (χ4n) is 1.40. The first-order valence-electron chi connectivity index (χ1n) is 5.28. The van der Waals surface area contributed by atoms with E-state index in [1.54, 1.807) is 6.92 Å². The van der Waals surface area contributed by atoms with Crippen LogP contribution in [0.1, 0.15) is 29.3 Å². The second kappa shape index (κ2) is 5.96. The molecule has 0 spiro atoms. The van der Waals surface area contributed by atoms with Gasteiger partial charge in [-0.05, 0) is 31.9 Å². The Labute approximate surface area is 104 Å². The summed E-state index contributed by atoms with van der Waals surface area (Å²) in [7, 11) is 0. The Bertz CT molecular complexity index is 423. The number of amides is 1. The molecule has 1 amide bonds. The number of nitrogens with one attached hydrogen (secondary N) is 1. The number of rotatable bonds is 4. The maximum Gasteiger partial charge on any atom is 0.257 e. The molecule has 1 N–H and O–H groups in total. The molecule has 0 bridgehead atoms. The minimum atomic E-state index is -0.858. The maximum absolute atomic E-state index is 13.6. The van der Waals surface area contributed by atoms with Crippen LogP contribution >= 0.6 is 11.6 Å². The maximum atomic E-state index is 13.6. The molecule has 0 saturated carbocycles. The molecule has 1 aromatic carbocycles. The van der Waals surface area contributed by atoms with Crippen LogP contribution in [0.3, 0.4) is 0 Å². The number of carbonyl (C=O) groups is 1. The van der Waals surface area contributed by atoms with Gasteiger partial charge in [-0.25, -0.2) is 8.78 Å². The SMILES string of the molecule is Cc1ccc(F)c(C(=O)NC(C)CCCl)c1F. The molecule has 1 rings (SSSR count). The van der Waals surface area contributed by atoms with Crippen molar-refractivity contribution in [1.29, 1.82) is 0 Å². The van der Waals surface area contributed by atoms with E-state index in [2.05, 4.69) is 5.32 Å². The predicted molar refractivity (Wildman–Crippen MR) is 63.4 cm³/mol. The summed E-state index contributed by atoms with van der Waals surface area (Å²) in [6, 6.07) is 2.16. The third kappa shape index (κ3) is 3.40. The summed E-state index contributed by atoms with van der Waals surface area (Å²) in [6.07, 6.45) is 0.544. The number of benzene rings is 1. The molecule has 0 heterocycles. The van der Waals surface area contributed by atoms with Crippen molar-refractivity contribution < 1.29 is 13.6 Å². The second-order valence-corrected chi connectivity index (χ2v) is 4.28. The van der Waals surface area contributed by atoms with E-state index in [0.717, 1.165) is 6.07 Å². The topological polar surface area (TPSA) is 29.1 Å². The Hall–Kier alpha value is -1.16. The van der Waals surface area contributed by atoms with Crippen molar-refractivity contribution in [3.63, 3.8) is 0 Å². The minimum absolute atomic E-state index is 0.223. The molecular formula is C12H14ClF2NO. The highest BCUT2D eigenvalue weighted by Crippen LogP contribution is 2.16. The summed E-state index contributed by atoms with van der Waals surface area (Å²) in [5, 5.41) is 2.50. The van der Waals surface area contributed by atoms with E-state index in [1.165, 1.54) is 13.0 Å². The van der Waals surface area contributed by atoms with Gasteiger partial charge in [0.2, 0.25) is 0 Å². The van der Waals surface area contributed by atoms with Crippen molar-refractivity contribution in [1.82, 2.24) is 5.32 Å². The van der Waals surface area contributed by atoms with Gasteiger partial charge in [0.25, 0.3) is 5.91 Å². The Morgan fingerprint density at radius 2 is 2.12 bits per heavy atom. The molecule has 0 radical (unpaired) electrons. The Kier molecular flexibility index (Phi) is 4.87. The van der Waals surface area contributed by atoms with Gasteiger partial charge in [0.15, 0.2) is 0 Å². The van der Waals surface area contributed by atoms with E-state index in [4.69, 9.17) is 11.6 Å². The Balaban J connectivity index is 2.93. The van der Waals surface area contributed by atoms with Gasteiger partial charge in [-0.15, -0.1) is 11.6 Å². The summed E-state index contributed by atoms with van der Waals surface area (Å²) >= 11 is 5.51. The standard InChI is InChI=1S/C12H14ClF2NO/c1-7-3-4-9(14)10(11(7)15)12(17)16-8(2)5-6-13/h3-4,8H,5-6H2,1-2H3,(H,16,17). The van der Waals surface area contributed by atoms with E-state index >= 15 is 0 Å². The van der Waals surface area contributed by atoms with Gasteiger partial charge in [-0.2, -0.15) is 0 Å². The van der Waals surface area contributed by atoms with Crippen molar-refractivity contribution >= 4 is 17.5 Å². The molecule has 2 nitrogen and oxygen atoms in total. The largest absolute Gasteiger partial charge is 0.349 e. The van der Waals surface area contributed by atoms with Gasteiger partial charge < -0.3 is 5.32 Å². The monoisotopic (exact) mass is 261 g/mol. The molecule has 1 atom stereocenters. The molecule has 1 aromatic rings. The highest BCUT2D eigenvalue weighted by atomic mass is 35.5. The van der Waals surface area contributed by atoms with Crippen molar-refractivity contribution in [3.05, 3.63) is 34.9 Å². The lowest BCUT2D eigenvalue weighted by Crippen LogP contribution is -2.34. The lowest BCUT2D eigenvalue weighted by molar-refractivity contribution is 0.0930. The number of hydrogen-bond acceptors (Lipinski definition) is 1. The fraction of sp³-hybridized carbons (Fsp3) is 0.417. The van der Waals surface area contributed by atoms with Crippen LogP contribution in [0.25, 0.3) is 0 Å². The number of hydrogen-bond donors (Lipinski definition) is 1. The first-order valence-corrected chi connectivity index (χ1v) is 5.82. The van der Waals surface area contributed by atoms with Crippen LogP contribution in [-0.2, 0) is 0 Å². The summed E-state index contributed by atoms with van der Waals surface area (Å²) in [4.78, 5) is 11.7. The zero-order valence-electron chi connectivity index (χ0n) is 9.69. The average molecular weight is 262 g/mol. The van der Waals surface area contributed by atoms with Crippen LogP contribution in [0.5, 0.6) is 0 Å². The van der Waals surface area contributed by atoms with Gasteiger partial charge >= 0.3 is 0 Å². The summed E-state index contributed by atoms with van der Waals surface area (Å²) < 4.78 is 27.0. The van der Waals surface area contributed by atoms with Gasteiger partial charge in [0.05, 0.1) is 0 Å². The number of alkyl halides is 1. The molecule has 0 fully saturated rings. The molecule has 0 aliphatic heterocycles. The number of aryl methyl sites for hydroxylation is 1. The van der Waals surface area contributed by atoms with E-state index in [9.17, 15) is 13.6 Å². The highest BCUT2D eigenvalue weighted by Gasteiger charge is 2.20. The van der Waals surface area contributed by atoms with Gasteiger partial charge in [0.1, 0.15) is 17.2 Å². The lowest BCUT2D eigenvalue weighted by Gasteiger charge is -2.13. The van der Waals surface area contributed by atoms with Crippen LogP contribution in [0.15, 0.2) is 12.1 Å². The summed E-state index contributed by atoms with van der Waals surface area (Å²) in [5.74, 6) is -2.05. The van der Waals surface area contributed by atoms with Gasteiger partial charge in [-0.3, -0.25) is 4.79 Å². The quantitative estimate of drug-likeness (QED) is 0.830. The normalized spacial score (nSPS) is 12.3. The van der Waals surface area contributed by atoms with E-state index in [1.807, 2.05) is 0 Å². The van der Waals surface area contributed by atoms with Crippen LogP contribution in [0.2, 0.25) is 0 Å². The Morgan fingerprint density at radius 3 is 2.71 bits per heavy atom. The van der Waals surface area contributed by atoms with E-state index in [0.29, 0.717) is 12.3 Å². The van der Waals surface area contributed by atoms with E-state index < -0.39 is 23.1 Å². The zero-order valence-corrected chi connectivity index (χ0v) is 10.4. The van der Waals surface area contributed by atoms with Crippen LogP contribution in [0, 0.1) is 18.6 Å². The zero-order chi connectivity index (χ0) is 13.0. The van der Waals surface area contributed by atoms with Crippen LogP contribution in [0.4, 0.5) is 8.78 Å². The van der Waals surface area contributed by atoms with Gasteiger partial charge in [-0.1, -0.05) is 6.07 Å². The molecule has 5 heteroatoms. The first kappa shape index (κ1) is 13.9. The predicted octanol–water partition coefficient (Wildman–Crippen LogP) is 3.02. The molecule has 0 aromatic heterocycles. The third-order valence-corrected chi connectivity index (χ3v) is 2.65. The number of carbonyl (C=O) groups excluding carboxylic acids is 1. The molecule has 0 aliphatic carbocycles. The number of halogens is 3. The van der Waals surface area contributed by atoms with Crippen molar-refractivity contribution in [2.75, 3.05) is 5.88 Å². The van der Waals surface area contributed by atoms with Crippen molar-refractivity contribution in [2.45, 2.75) is 26.3 Å². The smallest absolute Gasteiger partial charge is 0.257 e. The van der Waals surface area contributed by atoms with E-state index in [-0.39, 0.29) is 11.6 Å². The van der Waals surface area contributed by atoms with Crippen LogP contribution in [-0.4, -0.2) is 17.8 Å².